The molecule has 146 valence electrons. The lowest BCUT2D eigenvalue weighted by atomic mass is 10.1. The van der Waals surface area contributed by atoms with Crippen molar-refractivity contribution < 1.29 is 19.0 Å². The summed E-state index contributed by atoms with van der Waals surface area (Å²) < 4.78 is 16.5. The van der Waals surface area contributed by atoms with Crippen LogP contribution in [0.5, 0.6) is 17.2 Å². The third-order valence-electron chi connectivity index (χ3n) is 4.67. The first-order valence-corrected chi connectivity index (χ1v) is 9.19. The Labute approximate surface area is 165 Å². The number of hydrogen-bond donors (Lipinski definition) is 1. The lowest BCUT2D eigenvalue weighted by molar-refractivity contribution is -0.127. The quantitative estimate of drug-likeness (QED) is 0.657. The second-order valence-electron chi connectivity index (χ2n) is 6.61. The van der Waals surface area contributed by atoms with Gasteiger partial charge in [-0.3, -0.25) is 4.79 Å². The smallest absolute Gasteiger partial charge is 0.261 e. The molecule has 0 aromatic heterocycles. The first kappa shape index (κ1) is 19.5. The van der Waals surface area contributed by atoms with Gasteiger partial charge in [0.2, 0.25) is 0 Å². The van der Waals surface area contributed by atoms with Gasteiger partial charge < -0.3 is 19.5 Å². The number of methoxy groups -OCH3 is 2. The number of ether oxygens (including phenoxy) is 3. The zero-order valence-corrected chi connectivity index (χ0v) is 16.6. The Balaban J connectivity index is 1.69. The molecule has 0 saturated heterocycles. The zero-order valence-electron chi connectivity index (χ0n) is 16.6. The monoisotopic (exact) mass is 379 g/mol. The highest BCUT2D eigenvalue weighted by Crippen LogP contribution is 2.29. The number of fused-ring (bicyclic) bond motifs is 1. The average molecular weight is 379 g/mol. The Hall–Kier alpha value is -3.21. The van der Waals surface area contributed by atoms with E-state index in [1.807, 2.05) is 67.6 Å². The molecule has 5 heteroatoms. The predicted molar refractivity (Wildman–Crippen MR) is 110 cm³/mol. The van der Waals surface area contributed by atoms with Crippen LogP contribution in [0.4, 0.5) is 0 Å². The number of amides is 1. The molecule has 0 unspecified atom stereocenters. The molecule has 0 spiro atoms. The van der Waals surface area contributed by atoms with E-state index in [9.17, 15) is 4.79 Å². The SMILES string of the molecule is COc1ccc(OC)c([C@H](C)NC(=O)[C@@H](C)Oc2ccc3ccccc3c2)c1. The molecule has 0 heterocycles. The van der Waals surface area contributed by atoms with Crippen molar-refractivity contribution in [2.75, 3.05) is 14.2 Å². The van der Waals surface area contributed by atoms with E-state index in [2.05, 4.69) is 5.32 Å². The van der Waals surface area contributed by atoms with Gasteiger partial charge in [0.25, 0.3) is 5.91 Å². The van der Waals surface area contributed by atoms with Crippen LogP contribution in [0.1, 0.15) is 25.5 Å². The highest BCUT2D eigenvalue weighted by Gasteiger charge is 2.20. The van der Waals surface area contributed by atoms with E-state index < -0.39 is 6.10 Å². The second kappa shape index (κ2) is 8.65. The van der Waals surface area contributed by atoms with Gasteiger partial charge in [0.05, 0.1) is 20.3 Å². The van der Waals surface area contributed by atoms with Crippen molar-refractivity contribution in [3.63, 3.8) is 0 Å². The summed E-state index contributed by atoms with van der Waals surface area (Å²) in [6, 6.07) is 19.1. The molecular formula is C23H25NO4. The second-order valence-corrected chi connectivity index (χ2v) is 6.61. The van der Waals surface area contributed by atoms with Crippen LogP contribution in [0, 0.1) is 0 Å². The van der Waals surface area contributed by atoms with E-state index in [1.165, 1.54) is 0 Å². The number of carbonyl (C=O) groups is 1. The molecule has 5 nitrogen and oxygen atoms in total. The van der Waals surface area contributed by atoms with Crippen LogP contribution in [0.2, 0.25) is 0 Å². The fourth-order valence-electron chi connectivity index (χ4n) is 3.08. The van der Waals surface area contributed by atoms with Crippen LogP contribution in [-0.2, 0) is 4.79 Å². The minimum Gasteiger partial charge on any atom is -0.497 e. The summed E-state index contributed by atoms with van der Waals surface area (Å²) in [7, 11) is 3.21. The molecule has 0 aliphatic rings. The van der Waals surface area contributed by atoms with Crippen molar-refractivity contribution in [3.8, 4) is 17.2 Å². The number of rotatable bonds is 7. The summed E-state index contributed by atoms with van der Waals surface area (Å²) >= 11 is 0. The highest BCUT2D eigenvalue weighted by atomic mass is 16.5. The number of nitrogens with one attached hydrogen (secondary N) is 1. The Morgan fingerprint density at radius 1 is 0.857 bits per heavy atom. The van der Waals surface area contributed by atoms with Gasteiger partial charge in [0.1, 0.15) is 17.2 Å². The summed E-state index contributed by atoms with van der Waals surface area (Å²) in [4.78, 5) is 12.6. The van der Waals surface area contributed by atoms with Crippen molar-refractivity contribution >= 4 is 16.7 Å². The first-order chi connectivity index (χ1) is 13.5. The lowest BCUT2D eigenvalue weighted by Gasteiger charge is -2.21. The normalized spacial score (nSPS) is 12.9. The topological polar surface area (TPSA) is 56.8 Å². The van der Waals surface area contributed by atoms with E-state index in [-0.39, 0.29) is 11.9 Å². The van der Waals surface area contributed by atoms with Crippen molar-refractivity contribution in [2.24, 2.45) is 0 Å². The number of hydrogen-bond acceptors (Lipinski definition) is 4. The third-order valence-corrected chi connectivity index (χ3v) is 4.67. The third kappa shape index (κ3) is 4.36. The summed E-state index contributed by atoms with van der Waals surface area (Å²) in [5.41, 5.74) is 0.841. The Bertz CT molecular complexity index is 970. The van der Waals surface area contributed by atoms with Crippen LogP contribution in [-0.4, -0.2) is 26.2 Å². The fraction of sp³-hybridized carbons (Fsp3) is 0.261. The molecular weight excluding hydrogens is 354 g/mol. The maximum Gasteiger partial charge on any atom is 0.261 e. The molecule has 0 saturated carbocycles. The average Bonchev–Trinajstić information content (AvgIpc) is 2.72. The molecule has 0 aliphatic carbocycles. The van der Waals surface area contributed by atoms with E-state index in [4.69, 9.17) is 14.2 Å². The maximum absolute atomic E-state index is 12.6. The van der Waals surface area contributed by atoms with Gasteiger partial charge in [-0.15, -0.1) is 0 Å². The largest absolute Gasteiger partial charge is 0.497 e. The Kier molecular flexibility index (Phi) is 6.04. The standard InChI is InChI=1S/C23H25NO4/c1-15(21-14-19(26-3)11-12-22(21)27-4)24-23(25)16(2)28-20-10-9-17-7-5-6-8-18(17)13-20/h5-16H,1-4H3,(H,24,25)/t15-,16+/m0/s1. The number of carbonyl (C=O) groups excluding carboxylic acids is 1. The lowest BCUT2D eigenvalue weighted by Crippen LogP contribution is -2.37. The van der Waals surface area contributed by atoms with Crippen LogP contribution >= 0.6 is 0 Å². The first-order valence-electron chi connectivity index (χ1n) is 9.19. The predicted octanol–water partition coefficient (Wildman–Crippen LogP) is 4.50. The minimum absolute atomic E-state index is 0.203. The van der Waals surface area contributed by atoms with Crippen LogP contribution in [0.3, 0.4) is 0 Å². The molecule has 0 fully saturated rings. The fourth-order valence-corrected chi connectivity index (χ4v) is 3.08. The van der Waals surface area contributed by atoms with Gasteiger partial charge in [0, 0.05) is 5.56 Å². The van der Waals surface area contributed by atoms with Crippen molar-refractivity contribution in [3.05, 3.63) is 66.2 Å². The molecule has 3 rings (SSSR count). The van der Waals surface area contributed by atoms with Crippen molar-refractivity contribution in [1.29, 1.82) is 0 Å². The molecule has 0 bridgehead atoms. The molecule has 0 radical (unpaired) electrons. The molecule has 1 amide bonds. The molecule has 3 aromatic carbocycles. The summed E-state index contributed by atoms with van der Waals surface area (Å²) in [6.07, 6.45) is -0.639. The maximum atomic E-state index is 12.6. The van der Waals surface area contributed by atoms with E-state index in [0.29, 0.717) is 17.2 Å². The van der Waals surface area contributed by atoms with E-state index >= 15 is 0 Å². The van der Waals surface area contributed by atoms with Gasteiger partial charge in [-0.25, -0.2) is 0 Å². The van der Waals surface area contributed by atoms with Gasteiger partial charge >= 0.3 is 0 Å². The molecule has 1 N–H and O–H groups in total. The minimum atomic E-state index is -0.639. The molecule has 28 heavy (non-hydrogen) atoms. The van der Waals surface area contributed by atoms with Crippen LogP contribution < -0.4 is 19.5 Å². The van der Waals surface area contributed by atoms with Crippen molar-refractivity contribution in [2.45, 2.75) is 26.0 Å². The molecule has 2 atom stereocenters. The Morgan fingerprint density at radius 2 is 1.57 bits per heavy atom. The number of benzene rings is 3. The molecule has 0 aliphatic heterocycles. The van der Waals surface area contributed by atoms with E-state index in [1.54, 1.807) is 21.1 Å². The van der Waals surface area contributed by atoms with Crippen LogP contribution in [0.15, 0.2) is 60.7 Å². The summed E-state index contributed by atoms with van der Waals surface area (Å²) in [6.45, 7) is 3.64. The van der Waals surface area contributed by atoms with Gasteiger partial charge in [-0.2, -0.15) is 0 Å². The molecule has 3 aromatic rings. The Morgan fingerprint density at radius 3 is 2.29 bits per heavy atom. The highest BCUT2D eigenvalue weighted by molar-refractivity contribution is 5.84. The summed E-state index contributed by atoms with van der Waals surface area (Å²) in [5, 5.41) is 5.18. The van der Waals surface area contributed by atoms with Gasteiger partial charge in [-0.1, -0.05) is 30.3 Å². The van der Waals surface area contributed by atoms with Gasteiger partial charge in [0.15, 0.2) is 6.10 Å². The summed E-state index contributed by atoms with van der Waals surface area (Å²) in [5.74, 6) is 1.85. The van der Waals surface area contributed by atoms with Gasteiger partial charge in [-0.05, 0) is 55.0 Å². The van der Waals surface area contributed by atoms with Crippen LogP contribution in [0.25, 0.3) is 10.8 Å². The van der Waals surface area contributed by atoms with Crippen molar-refractivity contribution in [1.82, 2.24) is 5.32 Å². The van der Waals surface area contributed by atoms with E-state index in [0.717, 1.165) is 16.3 Å². The zero-order chi connectivity index (χ0) is 20.1.